The Bertz CT molecular complexity index is 583. The van der Waals surface area contributed by atoms with Crippen LogP contribution < -0.4 is 5.32 Å². The average molecular weight is 271 g/mol. The second-order valence-corrected chi connectivity index (χ2v) is 5.76. The Balaban J connectivity index is 1.72. The number of fused-ring (bicyclic) bond motifs is 1. The molecule has 19 heavy (non-hydrogen) atoms. The molecule has 0 saturated heterocycles. The van der Waals surface area contributed by atoms with Gasteiger partial charge in [0.1, 0.15) is 5.82 Å². The molecule has 1 aliphatic rings. The van der Waals surface area contributed by atoms with Crippen LogP contribution in [-0.2, 0) is 18.7 Å². The van der Waals surface area contributed by atoms with Crippen molar-refractivity contribution in [3.05, 3.63) is 53.1 Å². The van der Waals surface area contributed by atoms with Crippen molar-refractivity contribution in [2.24, 2.45) is 0 Å². The van der Waals surface area contributed by atoms with Gasteiger partial charge < -0.3 is 5.32 Å². The number of benzene rings is 1. The molecule has 3 rings (SSSR count). The molecule has 1 aliphatic heterocycles. The Hall–Kier alpha value is -1.39. The van der Waals surface area contributed by atoms with Crippen molar-refractivity contribution in [2.75, 3.05) is 6.54 Å². The van der Waals surface area contributed by atoms with E-state index in [0.29, 0.717) is 0 Å². The van der Waals surface area contributed by atoms with Crippen molar-refractivity contribution < 1.29 is 0 Å². The number of aryl methyl sites for hydroxylation is 1. The molecule has 0 amide bonds. The summed E-state index contributed by atoms with van der Waals surface area (Å²) in [6.07, 6.45) is 2.99. The van der Waals surface area contributed by atoms with Gasteiger partial charge in [-0.05, 0) is 18.6 Å². The van der Waals surface area contributed by atoms with Crippen LogP contribution in [0.2, 0.25) is 0 Å². The highest BCUT2D eigenvalue weighted by Crippen LogP contribution is 2.24. The third-order valence-electron chi connectivity index (χ3n) is 3.31. The van der Waals surface area contributed by atoms with Gasteiger partial charge in [0.25, 0.3) is 0 Å². The summed E-state index contributed by atoms with van der Waals surface area (Å²) in [5.74, 6) is 1.78. The highest BCUT2D eigenvalue weighted by molar-refractivity contribution is 7.98. The lowest BCUT2D eigenvalue weighted by atomic mass is 10.1. The van der Waals surface area contributed by atoms with Gasteiger partial charge in [-0.25, -0.2) is 9.97 Å². The van der Waals surface area contributed by atoms with E-state index in [1.54, 1.807) is 0 Å². The molecular weight excluding hydrogens is 254 g/mol. The van der Waals surface area contributed by atoms with E-state index >= 15 is 0 Å². The molecule has 4 heteroatoms. The molecule has 1 N–H and O–H groups in total. The Morgan fingerprint density at radius 3 is 3.11 bits per heavy atom. The van der Waals surface area contributed by atoms with Crippen molar-refractivity contribution in [1.29, 1.82) is 0 Å². The minimum absolute atomic E-state index is 0.839. The van der Waals surface area contributed by atoms with E-state index in [1.807, 2.05) is 18.0 Å². The Labute approximate surface area is 117 Å². The first-order valence-corrected chi connectivity index (χ1v) is 7.54. The molecule has 0 atom stereocenters. The zero-order valence-electron chi connectivity index (χ0n) is 11.0. The third-order valence-corrected chi connectivity index (χ3v) is 4.48. The fourth-order valence-electron chi connectivity index (χ4n) is 2.21. The molecule has 3 nitrogen and oxygen atoms in total. The smallest absolute Gasteiger partial charge is 0.138 e. The predicted octanol–water partition coefficient (Wildman–Crippen LogP) is 2.72. The number of hydrogen-bond donors (Lipinski definition) is 1. The minimum Gasteiger partial charge on any atom is -0.312 e. The van der Waals surface area contributed by atoms with Crippen molar-refractivity contribution in [1.82, 2.24) is 15.3 Å². The number of nitrogens with one attached hydrogen (secondary N) is 1. The topological polar surface area (TPSA) is 37.8 Å². The molecule has 0 radical (unpaired) electrons. The van der Waals surface area contributed by atoms with Crippen molar-refractivity contribution in [2.45, 2.75) is 30.5 Å². The van der Waals surface area contributed by atoms with Crippen LogP contribution in [0, 0.1) is 6.92 Å². The number of rotatable bonds is 3. The molecule has 0 bridgehead atoms. The summed E-state index contributed by atoms with van der Waals surface area (Å²) in [5.41, 5.74) is 3.78. The monoisotopic (exact) mass is 271 g/mol. The van der Waals surface area contributed by atoms with Gasteiger partial charge in [0.15, 0.2) is 0 Å². The van der Waals surface area contributed by atoms with Crippen LogP contribution in [0.4, 0.5) is 0 Å². The minimum atomic E-state index is 0.839. The van der Waals surface area contributed by atoms with Gasteiger partial charge in [-0.1, -0.05) is 18.2 Å². The first kappa shape index (κ1) is 12.6. The second kappa shape index (κ2) is 5.72. The standard InChI is InChI=1S/C15H17N3S/c1-11-4-2-3-5-14(11)19-10-15-17-9-12-8-16-7-6-13(12)18-15/h2-5,9,16H,6-8,10H2,1H3. The summed E-state index contributed by atoms with van der Waals surface area (Å²) in [6, 6.07) is 8.44. The molecule has 0 spiro atoms. The van der Waals surface area contributed by atoms with E-state index in [-0.39, 0.29) is 0 Å². The second-order valence-electron chi connectivity index (χ2n) is 4.74. The SMILES string of the molecule is Cc1ccccc1SCc1ncc2c(n1)CCNC2. The van der Waals surface area contributed by atoms with Crippen molar-refractivity contribution in [3.8, 4) is 0 Å². The molecule has 2 aromatic rings. The Morgan fingerprint density at radius 1 is 1.32 bits per heavy atom. The van der Waals surface area contributed by atoms with Crippen molar-refractivity contribution >= 4 is 11.8 Å². The average Bonchev–Trinajstić information content (AvgIpc) is 2.46. The lowest BCUT2D eigenvalue weighted by Gasteiger charge is -2.16. The van der Waals surface area contributed by atoms with Gasteiger partial charge in [-0.2, -0.15) is 0 Å². The van der Waals surface area contributed by atoms with Gasteiger partial charge in [-0.3, -0.25) is 0 Å². The highest BCUT2D eigenvalue weighted by Gasteiger charge is 2.11. The molecule has 98 valence electrons. The molecule has 0 saturated carbocycles. The number of aromatic nitrogens is 2. The van der Waals surface area contributed by atoms with Crippen LogP contribution in [0.15, 0.2) is 35.4 Å². The molecular formula is C15H17N3S. The summed E-state index contributed by atoms with van der Waals surface area (Å²) < 4.78 is 0. The fraction of sp³-hybridized carbons (Fsp3) is 0.333. The number of nitrogens with zero attached hydrogens (tertiary/aromatic N) is 2. The fourth-order valence-corrected chi connectivity index (χ4v) is 3.10. The molecule has 1 aromatic carbocycles. The van der Waals surface area contributed by atoms with Crippen LogP contribution in [0.3, 0.4) is 0 Å². The summed E-state index contributed by atoms with van der Waals surface area (Å²) in [6.45, 7) is 4.07. The van der Waals surface area contributed by atoms with Gasteiger partial charge in [0.2, 0.25) is 0 Å². The molecule has 0 aliphatic carbocycles. The maximum atomic E-state index is 4.69. The zero-order valence-corrected chi connectivity index (χ0v) is 11.8. The van der Waals surface area contributed by atoms with Gasteiger partial charge in [0, 0.05) is 41.9 Å². The quantitative estimate of drug-likeness (QED) is 0.871. The largest absolute Gasteiger partial charge is 0.312 e. The van der Waals surface area contributed by atoms with E-state index < -0.39 is 0 Å². The maximum absolute atomic E-state index is 4.69. The van der Waals surface area contributed by atoms with Crippen LogP contribution in [-0.4, -0.2) is 16.5 Å². The zero-order chi connectivity index (χ0) is 13.1. The summed E-state index contributed by atoms with van der Waals surface area (Å²) in [4.78, 5) is 10.5. The summed E-state index contributed by atoms with van der Waals surface area (Å²) >= 11 is 1.81. The first-order valence-electron chi connectivity index (χ1n) is 6.56. The van der Waals surface area contributed by atoms with E-state index in [1.165, 1.54) is 21.7 Å². The lowest BCUT2D eigenvalue weighted by molar-refractivity contribution is 0.622. The Morgan fingerprint density at radius 2 is 2.21 bits per heavy atom. The highest BCUT2D eigenvalue weighted by atomic mass is 32.2. The van der Waals surface area contributed by atoms with Gasteiger partial charge >= 0.3 is 0 Å². The number of thioether (sulfide) groups is 1. The first-order chi connectivity index (χ1) is 9.33. The summed E-state index contributed by atoms with van der Waals surface area (Å²) in [5, 5.41) is 3.34. The molecule has 1 aromatic heterocycles. The molecule has 2 heterocycles. The van der Waals surface area contributed by atoms with Crippen LogP contribution >= 0.6 is 11.8 Å². The lowest BCUT2D eigenvalue weighted by Crippen LogP contribution is -2.25. The van der Waals surface area contributed by atoms with Crippen LogP contribution in [0.1, 0.15) is 22.6 Å². The molecule has 0 unspecified atom stereocenters. The van der Waals surface area contributed by atoms with E-state index in [4.69, 9.17) is 0 Å². The van der Waals surface area contributed by atoms with Crippen LogP contribution in [0.25, 0.3) is 0 Å². The maximum Gasteiger partial charge on any atom is 0.138 e. The van der Waals surface area contributed by atoms with Crippen LogP contribution in [0.5, 0.6) is 0 Å². The molecule has 0 fully saturated rings. The van der Waals surface area contributed by atoms with Gasteiger partial charge in [0.05, 0.1) is 5.75 Å². The van der Waals surface area contributed by atoms with Gasteiger partial charge in [-0.15, -0.1) is 11.8 Å². The normalized spacial score (nSPS) is 14.2. The predicted molar refractivity (Wildman–Crippen MR) is 78.2 cm³/mol. The van der Waals surface area contributed by atoms with Crippen molar-refractivity contribution in [3.63, 3.8) is 0 Å². The van der Waals surface area contributed by atoms with E-state index in [9.17, 15) is 0 Å². The number of hydrogen-bond acceptors (Lipinski definition) is 4. The third kappa shape index (κ3) is 2.96. The van der Waals surface area contributed by atoms with E-state index in [0.717, 1.165) is 31.1 Å². The Kier molecular flexibility index (Phi) is 3.80. The summed E-state index contributed by atoms with van der Waals surface area (Å²) in [7, 11) is 0. The van der Waals surface area contributed by atoms with E-state index in [2.05, 4.69) is 46.5 Å².